The molecule has 1 heterocycles. The lowest BCUT2D eigenvalue weighted by Gasteiger charge is -2.49. The molecule has 2 aliphatic rings. The Hall–Kier alpha value is -3.18. The largest absolute Gasteiger partial charge is 0.481 e. The van der Waals surface area contributed by atoms with Gasteiger partial charge in [-0.25, -0.2) is 12.8 Å². The van der Waals surface area contributed by atoms with Crippen molar-refractivity contribution in [2.45, 2.75) is 62.7 Å². The predicted octanol–water partition coefficient (Wildman–Crippen LogP) is 6.64. The minimum atomic E-state index is -3.97. The van der Waals surface area contributed by atoms with Gasteiger partial charge in [0.15, 0.2) is 0 Å². The molecule has 3 aromatic carbocycles. The van der Waals surface area contributed by atoms with Gasteiger partial charge in [0.25, 0.3) is 5.91 Å². The summed E-state index contributed by atoms with van der Waals surface area (Å²) in [5, 5.41) is 10.2. The van der Waals surface area contributed by atoms with Crippen molar-refractivity contribution in [3.05, 3.63) is 99.8 Å². The summed E-state index contributed by atoms with van der Waals surface area (Å²) in [4.78, 5) is 28.1. The molecule has 0 unspecified atom stereocenters. The van der Waals surface area contributed by atoms with Crippen molar-refractivity contribution in [2.24, 2.45) is 5.92 Å². The summed E-state index contributed by atoms with van der Waals surface area (Å²) in [6.45, 7) is 2.95. The Bertz CT molecular complexity index is 1640. The van der Waals surface area contributed by atoms with E-state index in [1.807, 2.05) is 0 Å². The Morgan fingerprint density at radius 1 is 1.05 bits per heavy atom. The van der Waals surface area contributed by atoms with Gasteiger partial charge in [-0.3, -0.25) is 13.9 Å². The maximum Gasteiger partial charge on any atom is 0.309 e. The van der Waals surface area contributed by atoms with E-state index in [1.165, 1.54) is 30.0 Å². The van der Waals surface area contributed by atoms with Crippen molar-refractivity contribution in [3.8, 4) is 0 Å². The van der Waals surface area contributed by atoms with Gasteiger partial charge in [-0.15, -0.1) is 0 Å². The zero-order valence-corrected chi connectivity index (χ0v) is 26.5. The number of nitrogens with zero attached hydrogens (tertiary/aromatic N) is 2. The molecule has 1 amide bonds. The average molecular weight is 664 g/mol. The molecule has 1 saturated heterocycles. The Morgan fingerprint density at radius 3 is 2.32 bits per heavy atom. The molecule has 3 aromatic rings. The second kappa shape index (κ2) is 13.0. The van der Waals surface area contributed by atoms with Crippen molar-refractivity contribution in [2.75, 3.05) is 10.8 Å². The highest BCUT2D eigenvalue weighted by molar-refractivity contribution is 7.93. The summed E-state index contributed by atoms with van der Waals surface area (Å²) >= 11 is 12.6. The number of sulfonamides is 1. The highest BCUT2D eigenvalue weighted by atomic mass is 35.5. The number of carbonyl (C=O) groups is 2. The van der Waals surface area contributed by atoms with Gasteiger partial charge in [0, 0.05) is 10.0 Å². The van der Waals surface area contributed by atoms with Gasteiger partial charge in [-0.1, -0.05) is 66.5 Å². The number of carboxylic acid groups (broad SMARTS) is 1. The monoisotopic (exact) mass is 662 g/mol. The molecule has 0 radical (unpaired) electrons. The Morgan fingerprint density at radius 2 is 1.73 bits per heavy atom. The molecule has 1 saturated carbocycles. The SMILES string of the molecule is CC[C@H](CN(c1ccccc1F)S(=O)(=O)C1CC1)N1C(=O)[C@@H]([C@@H](C)C(=O)O)O[C@@H](c2cccc(Cl)c2)[C@@H]1c1ccc(Cl)cc1. The van der Waals surface area contributed by atoms with Crippen molar-refractivity contribution < 1.29 is 32.2 Å². The van der Waals surface area contributed by atoms with E-state index in [4.69, 9.17) is 27.9 Å². The number of amides is 1. The smallest absolute Gasteiger partial charge is 0.309 e. The normalized spacial score (nSPS) is 22.0. The molecule has 2 fully saturated rings. The number of para-hydroxylation sites is 1. The van der Waals surface area contributed by atoms with Gasteiger partial charge in [-0.05, 0) is 73.7 Å². The number of hydrogen-bond donors (Lipinski definition) is 1. The molecule has 8 nitrogen and oxygen atoms in total. The number of halogens is 3. The molecule has 0 bridgehead atoms. The highest BCUT2D eigenvalue weighted by Gasteiger charge is 2.51. The van der Waals surface area contributed by atoms with Crippen LogP contribution in [0.1, 0.15) is 56.4 Å². The Balaban J connectivity index is 1.68. The fourth-order valence-electron chi connectivity index (χ4n) is 5.67. The van der Waals surface area contributed by atoms with Gasteiger partial charge < -0.3 is 14.7 Å². The van der Waals surface area contributed by atoms with Gasteiger partial charge in [0.1, 0.15) is 18.0 Å². The summed E-state index contributed by atoms with van der Waals surface area (Å²) in [5.74, 6) is -3.77. The summed E-state index contributed by atoms with van der Waals surface area (Å²) in [7, 11) is -3.97. The van der Waals surface area contributed by atoms with Crippen LogP contribution in [0.3, 0.4) is 0 Å². The van der Waals surface area contributed by atoms with Gasteiger partial charge in [0.05, 0.1) is 35.5 Å². The maximum atomic E-state index is 15.2. The van der Waals surface area contributed by atoms with E-state index in [9.17, 15) is 23.1 Å². The number of carbonyl (C=O) groups excluding carboxylic acids is 1. The van der Waals surface area contributed by atoms with Crippen LogP contribution in [0.15, 0.2) is 72.8 Å². The zero-order valence-electron chi connectivity index (χ0n) is 24.1. The first-order valence-corrected chi connectivity index (χ1v) is 16.7. The number of aliphatic carboxylic acids is 1. The number of benzene rings is 3. The van der Waals surface area contributed by atoms with Gasteiger partial charge >= 0.3 is 5.97 Å². The van der Waals surface area contributed by atoms with E-state index < -0.39 is 63.2 Å². The van der Waals surface area contributed by atoms with E-state index in [-0.39, 0.29) is 18.7 Å². The summed E-state index contributed by atoms with van der Waals surface area (Å²) in [6.07, 6.45) is -1.07. The van der Waals surface area contributed by atoms with Crippen molar-refractivity contribution in [3.63, 3.8) is 0 Å². The first-order chi connectivity index (χ1) is 20.9. The van der Waals surface area contributed by atoms with Gasteiger partial charge in [0.2, 0.25) is 10.0 Å². The lowest BCUT2D eigenvalue weighted by atomic mass is 9.88. The molecule has 234 valence electrons. The minimum Gasteiger partial charge on any atom is -0.481 e. The van der Waals surface area contributed by atoms with E-state index in [0.29, 0.717) is 34.0 Å². The van der Waals surface area contributed by atoms with Crippen LogP contribution < -0.4 is 4.31 Å². The molecule has 44 heavy (non-hydrogen) atoms. The van der Waals surface area contributed by atoms with Crippen molar-refractivity contribution >= 4 is 50.8 Å². The van der Waals surface area contributed by atoms with Gasteiger partial charge in [-0.2, -0.15) is 0 Å². The first kappa shape index (κ1) is 32.2. The molecule has 1 aliphatic carbocycles. The summed E-state index contributed by atoms with van der Waals surface area (Å²) < 4.78 is 50.1. The lowest BCUT2D eigenvalue weighted by Crippen LogP contribution is -2.59. The standard InChI is InChI=1S/C32H33Cl2FN2O6S/c1-3-24(18-36(44(41,42)25-15-16-25)27-10-5-4-9-26(27)35)37-28(20-11-13-22(33)14-12-20)30(21-7-6-8-23(34)17-21)43-29(31(37)38)19(2)32(39)40/h4-14,17,19,24-25,28-30H,3,15-16,18H2,1-2H3,(H,39,40)/t19-,24-,28+,29-,30+/m1/s1. The Kier molecular flexibility index (Phi) is 9.55. The molecule has 5 rings (SSSR count). The molecule has 0 aromatic heterocycles. The topological polar surface area (TPSA) is 104 Å². The third kappa shape index (κ3) is 6.44. The number of ether oxygens (including phenoxy) is 1. The number of carboxylic acids is 1. The van der Waals surface area contributed by atoms with Crippen LogP contribution in [0.4, 0.5) is 10.1 Å². The molecule has 12 heteroatoms. The maximum absolute atomic E-state index is 15.2. The van der Waals surface area contributed by atoms with E-state index in [1.54, 1.807) is 61.5 Å². The van der Waals surface area contributed by atoms with Crippen LogP contribution in [0.5, 0.6) is 0 Å². The average Bonchev–Trinajstić information content (AvgIpc) is 3.85. The fraction of sp³-hybridized carbons (Fsp3) is 0.375. The fourth-order valence-corrected chi connectivity index (χ4v) is 7.89. The quantitative estimate of drug-likeness (QED) is 0.247. The summed E-state index contributed by atoms with van der Waals surface area (Å²) in [6, 6.07) is 17.7. The Labute approximate surface area is 266 Å². The number of anilines is 1. The predicted molar refractivity (Wildman–Crippen MR) is 167 cm³/mol. The van der Waals surface area contributed by atoms with Crippen LogP contribution in [0.2, 0.25) is 10.0 Å². The highest BCUT2D eigenvalue weighted by Crippen LogP contribution is 2.46. The van der Waals surface area contributed by atoms with Crippen molar-refractivity contribution in [1.29, 1.82) is 0 Å². The van der Waals surface area contributed by atoms with Crippen LogP contribution in [-0.4, -0.2) is 54.2 Å². The molecule has 1 aliphatic heterocycles. The lowest BCUT2D eigenvalue weighted by molar-refractivity contribution is -0.190. The van der Waals surface area contributed by atoms with Crippen LogP contribution >= 0.6 is 23.2 Å². The van der Waals surface area contributed by atoms with Crippen LogP contribution in [-0.2, 0) is 24.3 Å². The molecule has 0 spiro atoms. The number of morpholine rings is 1. The molecular formula is C32H33Cl2FN2O6S. The van der Waals surface area contributed by atoms with Crippen LogP contribution in [0.25, 0.3) is 0 Å². The third-order valence-electron chi connectivity index (χ3n) is 8.23. The zero-order chi connectivity index (χ0) is 31.8. The number of hydrogen-bond acceptors (Lipinski definition) is 5. The molecule has 5 atom stereocenters. The third-order valence-corrected chi connectivity index (χ3v) is 11.0. The second-order valence-corrected chi connectivity index (χ2v) is 14.2. The van der Waals surface area contributed by atoms with E-state index in [2.05, 4.69) is 0 Å². The molecule has 1 N–H and O–H groups in total. The first-order valence-electron chi connectivity index (χ1n) is 14.4. The van der Waals surface area contributed by atoms with Crippen LogP contribution in [0, 0.1) is 11.7 Å². The number of rotatable bonds is 11. The van der Waals surface area contributed by atoms with E-state index >= 15 is 4.39 Å². The summed E-state index contributed by atoms with van der Waals surface area (Å²) in [5.41, 5.74) is 1.13. The van der Waals surface area contributed by atoms with E-state index in [0.717, 1.165) is 4.31 Å². The second-order valence-electron chi connectivity index (χ2n) is 11.2. The van der Waals surface area contributed by atoms with Crippen molar-refractivity contribution in [1.82, 2.24) is 4.90 Å². The molecular weight excluding hydrogens is 630 g/mol. The minimum absolute atomic E-state index is 0.108.